The highest BCUT2D eigenvalue weighted by atomic mass is 35.5. The molecule has 1 rings (SSSR count). The first-order valence-electron chi connectivity index (χ1n) is 3.92. The zero-order valence-electron chi connectivity index (χ0n) is 7.82. The second-order valence-electron chi connectivity index (χ2n) is 3.48. The van der Waals surface area contributed by atoms with Crippen LogP contribution in [0.25, 0.3) is 0 Å². The number of aliphatic hydroxyl groups excluding tert-OH is 1. The van der Waals surface area contributed by atoms with E-state index in [-0.39, 0.29) is 4.21 Å². The van der Waals surface area contributed by atoms with E-state index in [0.29, 0.717) is 4.34 Å². The SMILES string of the molecule is CC(C)(CO)S(=O)(=O)c1ccc(Cl)s1. The van der Waals surface area contributed by atoms with E-state index in [1.165, 1.54) is 26.0 Å². The van der Waals surface area contributed by atoms with Crippen LogP contribution >= 0.6 is 22.9 Å². The standard InChI is InChI=1S/C8H11ClO3S2/c1-8(2,5-10)14(11,12)7-4-3-6(9)13-7/h3-4,10H,5H2,1-2H3. The smallest absolute Gasteiger partial charge is 0.195 e. The predicted molar refractivity (Wildman–Crippen MR) is 57.7 cm³/mol. The quantitative estimate of drug-likeness (QED) is 0.897. The summed E-state index contributed by atoms with van der Waals surface area (Å²) < 4.78 is 23.2. The first-order chi connectivity index (χ1) is 6.31. The molecule has 6 heteroatoms. The Kier molecular flexibility index (Phi) is 3.26. The van der Waals surface area contributed by atoms with Gasteiger partial charge in [0.15, 0.2) is 9.84 Å². The number of thiophene rings is 1. The van der Waals surface area contributed by atoms with Gasteiger partial charge in [-0.25, -0.2) is 8.42 Å². The maximum absolute atomic E-state index is 11.9. The highest BCUT2D eigenvalue weighted by Gasteiger charge is 2.36. The molecule has 0 spiro atoms. The fraction of sp³-hybridized carbons (Fsp3) is 0.500. The third kappa shape index (κ3) is 1.95. The van der Waals surface area contributed by atoms with Crippen LogP contribution in [0.15, 0.2) is 16.3 Å². The Morgan fingerprint density at radius 2 is 2.07 bits per heavy atom. The summed E-state index contributed by atoms with van der Waals surface area (Å²) in [6.07, 6.45) is 0. The minimum atomic E-state index is -3.48. The fourth-order valence-electron chi connectivity index (χ4n) is 0.799. The number of aliphatic hydroxyl groups is 1. The summed E-state index contributed by atoms with van der Waals surface area (Å²) in [7, 11) is -3.48. The van der Waals surface area contributed by atoms with Gasteiger partial charge in [-0.15, -0.1) is 11.3 Å². The van der Waals surface area contributed by atoms with Crippen LogP contribution in [0.1, 0.15) is 13.8 Å². The molecular formula is C8H11ClO3S2. The lowest BCUT2D eigenvalue weighted by atomic mass is 10.2. The van der Waals surface area contributed by atoms with Gasteiger partial charge in [0.2, 0.25) is 0 Å². The third-order valence-electron chi connectivity index (χ3n) is 1.92. The van der Waals surface area contributed by atoms with Gasteiger partial charge in [-0.2, -0.15) is 0 Å². The summed E-state index contributed by atoms with van der Waals surface area (Å²) in [4.78, 5) is 0. The van der Waals surface area contributed by atoms with Gasteiger partial charge in [-0.1, -0.05) is 11.6 Å². The van der Waals surface area contributed by atoms with E-state index >= 15 is 0 Å². The van der Waals surface area contributed by atoms with Crippen molar-refractivity contribution in [2.24, 2.45) is 0 Å². The molecule has 1 aromatic heterocycles. The first-order valence-corrected chi connectivity index (χ1v) is 6.60. The van der Waals surface area contributed by atoms with Crippen LogP contribution in [0.5, 0.6) is 0 Å². The van der Waals surface area contributed by atoms with E-state index in [0.717, 1.165) is 11.3 Å². The van der Waals surface area contributed by atoms with Gasteiger partial charge >= 0.3 is 0 Å². The number of halogens is 1. The van der Waals surface area contributed by atoms with Crippen molar-refractivity contribution in [2.45, 2.75) is 22.8 Å². The van der Waals surface area contributed by atoms with Crippen LogP contribution in [-0.4, -0.2) is 24.9 Å². The van der Waals surface area contributed by atoms with E-state index in [2.05, 4.69) is 0 Å². The van der Waals surface area contributed by atoms with Crippen molar-refractivity contribution in [2.75, 3.05) is 6.61 Å². The largest absolute Gasteiger partial charge is 0.395 e. The molecule has 0 aromatic carbocycles. The van der Waals surface area contributed by atoms with Gasteiger partial charge in [-0.05, 0) is 26.0 Å². The van der Waals surface area contributed by atoms with E-state index < -0.39 is 21.2 Å². The van der Waals surface area contributed by atoms with Crippen LogP contribution in [0.2, 0.25) is 4.34 Å². The predicted octanol–water partition coefficient (Wildman–Crippen LogP) is 1.95. The molecule has 0 atom stereocenters. The number of hydrogen-bond acceptors (Lipinski definition) is 4. The van der Waals surface area contributed by atoms with Crippen LogP contribution in [-0.2, 0) is 9.84 Å². The minimum Gasteiger partial charge on any atom is -0.395 e. The lowest BCUT2D eigenvalue weighted by Crippen LogP contribution is -2.35. The topological polar surface area (TPSA) is 54.4 Å². The molecule has 1 N–H and O–H groups in total. The molecule has 14 heavy (non-hydrogen) atoms. The highest BCUT2D eigenvalue weighted by molar-refractivity contribution is 7.94. The van der Waals surface area contributed by atoms with Crippen molar-refractivity contribution in [3.8, 4) is 0 Å². The van der Waals surface area contributed by atoms with Gasteiger partial charge in [0.1, 0.15) is 4.21 Å². The highest BCUT2D eigenvalue weighted by Crippen LogP contribution is 2.32. The number of sulfone groups is 1. The Bertz CT molecular complexity index is 420. The van der Waals surface area contributed by atoms with Crippen molar-refractivity contribution >= 4 is 32.8 Å². The van der Waals surface area contributed by atoms with Gasteiger partial charge in [0, 0.05) is 0 Å². The van der Waals surface area contributed by atoms with E-state index in [1.54, 1.807) is 0 Å². The number of rotatable bonds is 3. The summed E-state index contributed by atoms with van der Waals surface area (Å²) >= 11 is 6.65. The normalized spacial score (nSPS) is 13.1. The van der Waals surface area contributed by atoms with Crippen LogP contribution in [0.3, 0.4) is 0 Å². The second kappa shape index (κ2) is 3.81. The van der Waals surface area contributed by atoms with E-state index in [9.17, 15) is 8.42 Å². The van der Waals surface area contributed by atoms with Gasteiger partial charge in [0.25, 0.3) is 0 Å². The van der Waals surface area contributed by atoms with Crippen molar-refractivity contribution in [1.82, 2.24) is 0 Å². The van der Waals surface area contributed by atoms with Crippen molar-refractivity contribution in [3.05, 3.63) is 16.5 Å². The van der Waals surface area contributed by atoms with E-state index in [4.69, 9.17) is 16.7 Å². The molecule has 0 amide bonds. The lowest BCUT2D eigenvalue weighted by Gasteiger charge is -2.20. The zero-order chi connectivity index (χ0) is 11.0. The van der Waals surface area contributed by atoms with Crippen LogP contribution in [0, 0.1) is 0 Å². The molecule has 3 nitrogen and oxygen atoms in total. The molecule has 0 unspecified atom stereocenters. The Morgan fingerprint density at radius 1 is 1.50 bits per heavy atom. The summed E-state index contributed by atoms with van der Waals surface area (Å²) in [5, 5.41) is 8.99. The molecular weight excluding hydrogens is 244 g/mol. The van der Waals surface area contributed by atoms with E-state index in [1.807, 2.05) is 0 Å². The molecule has 0 aliphatic rings. The maximum Gasteiger partial charge on any atom is 0.195 e. The van der Waals surface area contributed by atoms with Gasteiger partial charge in [-0.3, -0.25) is 0 Å². The minimum absolute atomic E-state index is 0.196. The Labute approximate surface area is 92.3 Å². The molecule has 0 saturated carbocycles. The zero-order valence-corrected chi connectivity index (χ0v) is 10.2. The van der Waals surface area contributed by atoms with Gasteiger partial charge < -0.3 is 5.11 Å². The Balaban J connectivity index is 3.22. The summed E-state index contributed by atoms with van der Waals surface area (Å²) in [5.41, 5.74) is 0. The van der Waals surface area contributed by atoms with Crippen molar-refractivity contribution in [3.63, 3.8) is 0 Å². The third-order valence-corrected chi connectivity index (χ3v) is 6.11. The second-order valence-corrected chi connectivity index (χ2v) is 8.01. The molecule has 0 fully saturated rings. The average Bonchev–Trinajstić information content (AvgIpc) is 2.52. The summed E-state index contributed by atoms with van der Waals surface area (Å²) in [6.45, 7) is 2.55. The van der Waals surface area contributed by atoms with Gasteiger partial charge in [0.05, 0.1) is 15.7 Å². The number of hydrogen-bond donors (Lipinski definition) is 1. The van der Waals surface area contributed by atoms with Crippen LogP contribution in [0.4, 0.5) is 0 Å². The fourth-order valence-corrected chi connectivity index (χ4v) is 4.06. The Hall–Kier alpha value is -0.100. The molecule has 0 aliphatic heterocycles. The molecule has 80 valence electrons. The van der Waals surface area contributed by atoms with Crippen molar-refractivity contribution in [1.29, 1.82) is 0 Å². The molecule has 1 aromatic rings. The lowest BCUT2D eigenvalue weighted by molar-refractivity contribution is 0.258. The summed E-state index contributed by atoms with van der Waals surface area (Å²) in [5.74, 6) is 0. The maximum atomic E-state index is 11.9. The molecule has 0 aliphatic carbocycles. The molecule has 0 radical (unpaired) electrons. The molecule has 0 saturated heterocycles. The Morgan fingerprint density at radius 3 is 2.43 bits per heavy atom. The summed E-state index contributed by atoms with van der Waals surface area (Å²) in [6, 6.07) is 2.99. The van der Waals surface area contributed by atoms with Crippen LogP contribution < -0.4 is 0 Å². The molecule has 0 bridgehead atoms. The monoisotopic (exact) mass is 254 g/mol. The van der Waals surface area contributed by atoms with Crippen molar-refractivity contribution < 1.29 is 13.5 Å². The molecule has 1 heterocycles. The average molecular weight is 255 g/mol. The first kappa shape index (κ1) is 12.0.